The minimum atomic E-state index is -0.592. The smallest absolute Gasteiger partial charge is 0.315 e. The van der Waals surface area contributed by atoms with Crippen molar-refractivity contribution in [1.82, 2.24) is 4.98 Å². The van der Waals surface area contributed by atoms with E-state index in [0.29, 0.717) is 16.7 Å². The van der Waals surface area contributed by atoms with Crippen molar-refractivity contribution in [3.63, 3.8) is 0 Å². The molecule has 2 atom stereocenters. The molecule has 0 unspecified atom stereocenters. The molecule has 6 heteroatoms. The lowest BCUT2D eigenvalue weighted by molar-refractivity contribution is -0.145. The molecule has 3 aromatic rings. The number of carbonyl (C=O) groups is 1. The van der Waals surface area contributed by atoms with Gasteiger partial charge in [-0.2, -0.15) is 0 Å². The first-order valence-electron chi connectivity index (χ1n) is 8.94. The summed E-state index contributed by atoms with van der Waals surface area (Å²) in [6.45, 7) is 2.09. The van der Waals surface area contributed by atoms with Crippen molar-refractivity contribution in [2.45, 2.75) is 18.9 Å². The number of carbonyl (C=O) groups excluding carboxylic acids is 1. The normalized spacial score (nSPS) is 12.8. The quantitative estimate of drug-likeness (QED) is 0.489. The highest BCUT2D eigenvalue weighted by Crippen LogP contribution is 2.35. The average Bonchev–Trinajstić information content (AvgIpc) is 2.72. The van der Waals surface area contributed by atoms with Crippen LogP contribution in [-0.4, -0.2) is 17.6 Å². The Bertz CT molecular complexity index is 920. The third-order valence-corrected chi connectivity index (χ3v) is 5.02. The molecule has 0 spiro atoms. The molecule has 1 aromatic heterocycles. The third-order valence-electron chi connectivity index (χ3n) is 4.28. The average molecular weight is 415 g/mol. The van der Waals surface area contributed by atoms with Crippen molar-refractivity contribution in [2.24, 2.45) is 0 Å². The zero-order chi connectivity index (χ0) is 19.9. The lowest BCUT2D eigenvalue weighted by Gasteiger charge is -2.27. The Kier molecular flexibility index (Phi) is 6.90. The number of pyridine rings is 1. The van der Waals surface area contributed by atoms with Gasteiger partial charge < -0.3 is 10.1 Å². The molecule has 0 radical (unpaired) electrons. The van der Waals surface area contributed by atoms with E-state index in [4.69, 9.17) is 27.9 Å². The topological polar surface area (TPSA) is 51.2 Å². The fraction of sp³-hybridized carbons (Fsp3) is 0.182. The Labute approximate surface area is 174 Å². The van der Waals surface area contributed by atoms with Gasteiger partial charge in [-0.05, 0) is 42.8 Å². The summed E-state index contributed by atoms with van der Waals surface area (Å²) in [4.78, 5) is 17.4. The Balaban J connectivity index is 2.06. The van der Waals surface area contributed by atoms with E-state index < -0.39 is 12.0 Å². The first kappa shape index (κ1) is 20.2. The number of halogens is 2. The molecule has 0 saturated heterocycles. The van der Waals surface area contributed by atoms with E-state index in [2.05, 4.69) is 10.3 Å². The van der Waals surface area contributed by atoms with Gasteiger partial charge in [0.05, 0.1) is 28.4 Å². The van der Waals surface area contributed by atoms with Gasteiger partial charge in [0.15, 0.2) is 0 Å². The summed E-state index contributed by atoms with van der Waals surface area (Å²) < 4.78 is 5.39. The van der Waals surface area contributed by atoms with Crippen molar-refractivity contribution in [2.75, 3.05) is 11.9 Å². The van der Waals surface area contributed by atoms with Crippen molar-refractivity contribution in [3.8, 4) is 0 Å². The minimum absolute atomic E-state index is 0.296. The highest BCUT2D eigenvalue weighted by molar-refractivity contribution is 6.42. The number of rotatable bonds is 7. The third kappa shape index (κ3) is 4.83. The molecule has 2 aromatic carbocycles. The van der Waals surface area contributed by atoms with Crippen LogP contribution in [0.3, 0.4) is 0 Å². The number of ether oxygens (including phenoxy) is 1. The van der Waals surface area contributed by atoms with Gasteiger partial charge in [0.1, 0.15) is 5.92 Å². The molecule has 0 aliphatic heterocycles. The molecule has 144 valence electrons. The van der Waals surface area contributed by atoms with Gasteiger partial charge in [-0.3, -0.25) is 9.78 Å². The van der Waals surface area contributed by atoms with Crippen LogP contribution in [0.1, 0.15) is 30.1 Å². The summed E-state index contributed by atoms with van der Waals surface area (Å²) in [7, 11) is 0. The summed E-state index contributed by atoms with van der Waals surface area (Å²) >= 11 is 12.2. The van der Waals surface area contributed by atoms with E-state index in [1.807, 2.05) is 54.6 Å². The predicted molar refractivity (Wildman–Crippen MR) is 113 cm³/mol. The van der Waals surface area contributed by atoms with E-state index in [-0.39, 0.29) is 5.97 Å². The second-order valence-electron chi connectivity index (χ2n) is 6.15. The van der Waals surface area contributed by atoms with Gasteiger partial charge in [0.25, 0.3) is 0 Å². The summed E-state index contributed by atoms with van der Waals surface area (Å²) in [5.41, 5.74) is 2.29. The molecule has 0 fully saturated rings. The zero-order valence-corrected chi connectivity index (χ0v) is 16.8. The highest BCUT2D eigenvalue weighted by atomic mass is 35.5. The van der Waals surface area contributed by atoms with E-state index in [1.165, 1.54) is 0 Å². The molecule has 0 amide bonds. The van der Waals surface area contributed by atoms with Crippen LogP contribution in [0.2, 0.25) is 10.0 Å². The SMILES string of the molecule is CCOC(=O)[C@@H](c1ccccc1)[C@@H](Nc1ccc(Cl)c(Cl)c1)c1ccccn1. The maximum absolute atomic E-state index is 12.9. The number of esters is 1. The maximum Gasteiger partial charge on any atom is 0.315 e. The summed E-state index contributed by atoms with van der Waals surface area (Å²) in [5.74, 6) is -0.914. The lowest BCUT2D eigenvalue weighted by Crippen LogP contribution is -2.28. The fourth-order valence-electron chi connectivity index (χ4n) is 3.01. The monoisotopic (exact) mass is 414 g/mol. The van der Waals surface area contributed by atoms with Crippen molar-refractivity contribution in [1.29, 1.82) is 0 Å². The van der Waals surface area contributed by atoms with E-state index in [0.717, 1.165) is 16.9 Å². The van der Waals surface area contributed by atoms with Gasteiger partial charge >= 0.3 is 5.97 Å². The molecular formula is C22H20Cl2N2O2. The van der Waals surface area contributed by atoms with Crippen molar-refractivity contribution >= 4 is 34.9 Å². The van der Waals surface area contributed by atoms with Crippen molar-refractivity contribution < 1.29 is 9.53 Å². The van der Waals surface area contributed by atoms with Crippen LogP contribution in [0.4, 0.5) is 5.69 Å². The molecule has 0 aliphatic rings. The minimum Gasteiger partial charge on any atom is -0.465 e. The largest absolute Gasteiger partial charge is 0.465 e. The molecule has 0 aliphatic carbocycles. The Morgan fingerprint density at radius 1 is 1.04 bits per heavy atom. The predicted octanol–water partition coefficient (Wildman–Crippen LogP) is 5.89. The molecule has 0 bridgehead atoms. The van der Waals surface area contributed by atoms with Crippen LogP contribution in [-0.2, 0) is 9.53 Å². The molecule has 1 N–H and O–H groups in total. The van der Waals surface area contributed by atoms with E-state index in [1.54, 1.807) is 25.3 Å². The van der Waals surface area contributed by atoms with Crippen LogP contribution < -0.4 is 5.32 Å². The van der Waals surface area contributed by atoms with E-state index in [9.17, 15) is 4.79 Å². The second kappa shape index (κ2) is 9.58. The standard InChI is InChI=1S/C22H20Cl2N2O2/c1-2-28-22(27)20(15-8-4-3-5-9-15)21(19-10-6-7-13-25-19)26-16-11-12-17(23)18(24)14-16/h3-14,20-21,26H,2H2,1H3/t20-,21-/m0/s1. The van der Waals surface area contributed by atoms with Crippen LogP contribution in [0.25, 0.3) is 0 Å². The summed E-state index contributed by atoms with van der Waals surface area (Å²) in [6.07, 6.45) is 1.70. The number of nitrogens with one attached hydrogen (secondary N) is 1. The molecule has 4 nitrogen and oxygen atoms in total. The number of anilines is 1. The number of hydrogen-bond acceptors (Lipinski definition) is 4. The van der Waals surface area contributed by atoms with Gasteiger partial charge in [-0.15, -0.1) is 0 Å². The fourth-order valence-corrected chi connectivity index (χ4v) is 3.31. The number of benzene rings is 2. The zero-order valence-electron chi connectivity index (χ0n) is 15.3. The lowest BCUT2D eigenvalue weighted by atomic mass is 9.88. The molecular weight excluding hydrogens is 395 g/mol. The van der Waals surface area contributed by atoms with Crippen molar-refractivity contribution in [3.05, 3.63) is 94.2 Å². The molecule has 0 saturated carbocycles. The number of hydrogen-bond donors (Lipinski definition) is 1. The Morgan fingerprint density at radius 2 is 1.79 bits per heavy atom. The Hall–Kier alpha value is -2.56. The summed E-state index contributed by atoms with van der Waals surface area (Å²) in [5, 5.41) is 4.29. The highest BCUT2D eigenvalue weighted by Gasteiger charge is 2.33. The van der Waals surface area contributed by atoms with Gasteiger partial charge in [-0.1, -0.05) is 59.6 Å². The van der Waals surface area contributed by atoms with Gasteiger partial charge in [0, 0.05) is 11.9 Å². The summed E-state index contributed by atoms with van der Waals surface area (Å²) in [6, 6.07) is 19.9. The first-order chi connectivity index (χ1) is 13.6. The molecule has 3 rings (SSSR count). The molecule has 1 heterocycles. The van der Waals surface area contributed by atoms with Crippen LogP contribution in [0, 0.1) is 0 Å². The van der Waals surface area contributed by atoms with Crippen LogP contribution in [0.5, 0.6) is 0 Å². The van der Waals surface area contributed by atoms with E-state index >= 15 is 0 Å². The number of aromatic nitrogens is 1. The maximum atomic E-state index is 12.9. The Morgan fingerprint density at radius 3 is 2.43 bits per heavy atom. The van der Waals surface area contributed by atoms with Crippen LogP contribution >= 0.6 is 23.2 Å². The first-order valence-corrected chi connectivity index (χ1v) is 9.70. The second-order valence-corrected chi connectivity index (χ2v) is 6.96. The van der Waals surface area contributed by atoms with Gasteiger partial charge in [-0.25, -0.2) is 0 Å². The number of nitrogens with zero attached hydrogens (tertiary/aromatic N) is 1. The molecule has 28 heavy (non-hydrogen) atoms. The van der Waals surface area contributed by atoms with Gasteiger partial charge in [0.2, 0.25) is 0 Å². The van der Waals surface area contributed by atoms with Crippen LogP contribution in [0.15, 0.2) is 72.9 Å².